The molecule has 0 saturated carbocycles. The van der Waals surface area contributed by atoms with Gasteiger partial charge in [-0.05, 0) is 31.2 Å². The number of hydrogen-bond acceptors (Lipinski definition) is 4. The van der Waals surface area contributed by atoms with E-state index < -0.39 is 0 Å². The number of thiazole rings is 1. The van der Waals surface area contributed by atoms with Crippen molar-refractivity contribution in [3.8, 4) is 0 Å². The van der Waals surface area contributed by atoms with Gasteiger partial charge in [0.25, 0.3) is 0 Å². The molecular formula is C19H29N5OS. The summed E-state index contributed by atoms with van der Waals surface area (Å²) in [5.41, 5.74) is 2.38. The molecule has 7 heteroatoms. The van der Waals surface area contributed by atoms with Crippen LogP contribution in [0.5, 0.6) is 0 Å². The van der Waals surface area contributed by atoms with Crippen LogP contribution < -0.4 is 5.32 Å². The zero-order valence-corrected chi connectivity index (χ0v) is 16.8. The highest BCUT2D eigenvalue weighted by molar-refractivity contribution is 7.09. The van der Waals surface area contributed by atoms with Crippen LogP contribution in [0.15, 0.2) is 17.8 Å². The molecule has 1 N–H and O–H groups in total. The second kappa shape index (κ2) is 8.66. The van der Waals surface area contributed by atoms with E-state index in [0.29, 0.717) is 18.4 Å². The Morgan fingerprint density at radius 1 is 1.38 bits per heavy atom. The minimum Gasteiger partial charge on any atom is -0.338 e. The van der Waals surface area contributed by atoms with Crippen LogP contribution in [0.2, 0.25) is 0 Å². The summed E-state index contributed by atoms with van der Waals surface area (Å²) in [6.07, 6.45) is 6.92. The molecule has 0 atom stereocenters. The Morgan fingerprint density at radius 3 is 2.77 bits per heavy atom. The van der Waals surface area contributed by atoms with Crippen LogP contribution in [-0.4, -0.2) is 45.3 Å². The second-order valence-electron chi connectivity index (χ2n) is 7.20. The fourth-order valence-corrected chi connectivity index (χ4v) is 4.16. The lowest BCUT2D eigenvalue weighted by atomic mass is 9.92. The Balaban J connectivity index is 1.40. The van der Waals surface area contributed by atoms with E-state index in [2.05, 4.69) is 47.7 Å². The fraction of sp³-hybridized carbons (Fsp3) is 0.632. The number of amides is 2. The van der Waals surface area contributed by atoms with Gasteiger partial charge < -0.3 is 10.2 Å². The molecule has 0 bridgehead atoms. The van der Waals surface area contributed by atoms with Crippen LogP contribution >= 0.6 is 11.3 Å². The van der Waals surface area contributed by atoms with Crippen molar-refractivity contribution >= 4 is 17.4 Å². The summed E-state index contributed by atoms with van der Waals surface area (Å²) >= 11 is 1.70. The lowest BCUT2D eigenvalue weighted by Gasteiger charge is -2.31. The van der Waals surface area contributed by atoms with Gasteiger partial charge in [0, 0.05) is 50.1 Å². The molecule has 1 saturated heterocycles. The molecule has 0 unspecified atom stereocenters. The van der Waals surface area contributed by atoms with E-state index in [-0.39, 0.29) is 6.03 Å². The Hall–Kier alpha value is -1.89. The number of piperidine rings is 1. The van der Waals surface area contributed by atoms with Crippen molar-refractivity contribution in [2.75, 3.05) is 19.6 Å². The molecule has 2 aromatic rings. The molecule has 26 heavy (non-hydrogen) atoms. The van der Waals surface area contributed by atoms with Crippen molar-refractivity contribution in [1.29, 1.82) is 0 Å². The predicted molar refractivity (Wildman–Crippen MR) is 105 cm³/mol. The molecule has 0 radical (unpaired) electrons. The van der Waals surface area contributed by atoms with Gasteiger partial charge in [-0.1, -0.05) is 13.8 Å². The van der Waals surface area contributed by atoms with Crippen molar-refractivity contribution in [1.82, 2.24) is 25.0 Å². The number of aryl methyl sites for hydroxylation is 1. The van der Waals surface area contributed by atoms with E-state index >= 15 is 0 Å². The average Bonchev–Trinajstić information content (AvgIpc) is 3.31. The number of urea groups is 1. The molecule has 2 amide bonds. The van der Waals surface area contributed by atoms with Crippen LogP contribution in [0.1, 0.15) is 61.7 Å². The Kier molecular flexibility index (Phi) is 6.29. The SMILES string of the molecule is CCn1cc(C2CCN(C(=O)NCCc3csc(C(C)C)n3)CC2)cn1. The molecule has 2 aromatic heterocycles. The van der Waals surface area contributed by atoms with Crippen LogP contribution in [0.3, 0.4) is 0 Å². The zero-order chi connectivity index (χ0) is 18.5. The topological polar surface area (TPSA) is 63.1 Å². The summed E-state index contributed by atoms with van der Waals surface area (Å²) in [4.78, 5) is 18.9. The summed E-state index contributed by atoms with van der Waals surface area (Å²) in [7, 11) is 0. The first kappa shape index (κ1) is 18.9. The van der Waals surface area contributed by atoms with Gasteiger partial charge in [0.15, 0.2) is 0 Å². The summed E-state index contributed by atoms with van der Waals surface area (Å²) in [5, 5.41) is 10.7. The maximum absolute atomic E-state index is 12.4. The lowest BCUT2D eigenvalue weighted by molar-refractivity contribution is 0.181. The third kappa shape index (κ3) is 4.63. The second-order valence-corrected chi connectivity index (χ2v) is 8.09. The van der Waals surface area contributed by atoms with E-state index in [4.69, 9.17) is 0 Å². The van der Waals surface area contributed by atoms with Gasteiger partial charge in [0.05, 0.1) is 16.9 Å². The van der Waals surface area contributed by atoms with Crippen LogP contribution in [0.25, 0.3) is 0 Å². The normalized spacial score (nSPS) is 15.6. The Bertz CT molecular complexity index is 715. The number of likely N-dealkylation sites (tertiary alicyclic amines) is 1. The zero-order valence-electron chi connectivity index (χ0n) is 15.9. The molecule has 1 aliphatic rings. The van der Waals surface area contributed by atoms with E-state index in [1.165, 1.54) is 10.6 Å². The van der Waals surface area contributed by atoms with Crippen molar-refractivity contribution in [2.45, 2.75) is 58.4 Å². The fourth-order valence-electron chi connectivity index (χ4n) is 3.29. The molecule has 0 aliphatic carbocycles. The standard InChI is InChI=1S/C19H29N5OS/c1-4-24-12-16(11-21-24)15-6-9-23(10-7-15)19(25)20-8-5-17-13-26-18(22-17)14(2)3/h11-15H,4-10H2,1-3H3,(H,20,25). The van der Waals surface area contributed by atoms with E-state index in [1.807, 2.05) is 15.8 Å². The van der Waals surface area contributed by atoms with E-state index in [1.54, 1.807) is 11.3 Å². The first-order chi connectivity index (χ1) is 12.6. The van der Waals surface area contributed by atoms with Crippen molar-refractivity contribution < 1.29 is 4.79 Å². The third-order valence-electron chi connectivity index (χ3n) is 4.95. The predicted octanol–water partition coefficient (Wildman–Crippen LogP) is 3.61. The molecule has 0 aromatic carbocycles. The number of rotatable bonds is 6. The number of carbonyl (C=O) groups is 1. The van der Waals surface area contributed by atoms with Gasteiger partial charge in [-0.25, -0.2) is 9.78 Å². The van der Waals surface area contributed by atoms with Gasteiger partial charge in [-0.15, -0.1) is 11.3 Å². The van der Waals surface area contributed by atoms with Crippen molar-refractivity contribution in [3.05, 3.63) is 34.0 Å². The average molecular weight is 376 g/mol. The van der Waals surface area contributed by atoms with E-state index in [0.717, 1.165) is 44.6 Å². The largest absolute Gasteiger partial charge is 0.338 e. The van der Waals surface area contributed by atoms with Gasteiger partial charge in [0.2, 0.25) is 0 Å². The molecule has 6 nitrogen and oxygen atoms in total. The highest BCUT2D eigenvalue weighted by Crippen LogP contribution is 2.27. The van der Waals surface area contributed by atoms with Gasteiger partial charge >= 0.3 is 6.03 Å². The number of aromatic nitrogens is 3. The van der Waals surface area contributed by atoms with Crippen molar-refractivity contribution in [3.63, 3.8) is 0 Å². The molecule has 0 spiro atoms. The summed E-state index contributed by atoms with van der Waals surface area (Å²) in [6, 6.07) is 0.0482. The minimum absolute atomic E-state index is 0.0482. The molecular weight excluding hydrogens is 346 g/mol. The molecule has 142 valence electrons. The molecule has 1 aliphatic heterocycles. The van der Waals surface area contributed by atoms with Crippen LogP contribution in [0.4, 0.5) is 4.79 Å². The Labute approximate surface area is 159 Å². The first-order valence-electron chi connectivity index (χ1n) is 9.56. The van der Waals surface area contributed by atoms with Gasteiger partial charge in [-0.2, -0.15) is 5.10 Å². The first-order valence-corrected chi connectivity index (χ1v) is 10.4. The summed E-state index contributed by atoms with van der Waals surface area (Å²) in [5.74, 6) is 0.984. The number of nitrogens with one attached hydrogen (secondary N) is 1. The van der Waals surface area contributed by atoms with Crippen LogP contribution in [-0.2, 0) is 13.0 Å². The Morgan fingerprint density at radius 2 is 2.15 bits per heavy atom. The van der Waals surface area contributed by atoms with E-state index in [9.17, 15) is 4.79 Å². The summed E-state index contributed by atoms with van der Waals surface area (Å²) < 4.78 is 1.97. The molecule has 3 rings (SSSR count). The molecule has 3 heterocycles. The van der Waals surface area contributed by atoms with Crippen LogP contribution in [0, 0.1) is 0 Å². The maximum Gasteiger partial charge on any atom is 0.317 e. The number of hydrogen-bond donors (Lipinski definition) is 1. The highest BCUT2D eigenvalue weighted by atomic mass is 32.1. The third-order valence-corrected chi connectivity index (χ3v) is 6.15. The monoisotopic (exact) mass is 375 g/mol. The van der Waals surface area contributed by atoms with Crippen molar-refractivity contribution in [2.24, 2.45) is 0 Å². The maximum atomic E-state index is 12.4. The van der Waals surface area contributed by atoms with Gasteiger partial charge in [0.1, 0.15) is 0 Å². The minimum atomic E-state index is 0.0482. The highest BCUT2D eigenvalue weighted by Gasteiger charge is 2.24. The quantitative estimate of drug-likeness (QED) is 0.839. The number of nitrogens with zero attached hydrogens (tertiary/aromatic N) is 4. The lowest BCUT2D eigenvalue weighted by Crippen LogP contribution is -2.44. The summed E-state index contributed by atoms with van der Waals surface area (Å²) in [6.45, 7) is 9.56. The van der Waals surface area contributed by atoms with Gasteiger partial charge in [-0.3, -0.25) is 4.68 Å². The smallest absolute Gasteiger partial charge is 0.317 e. The molecule has 1 fully saturated rings. The number of carbonyl (C=O) groups excluding carboxylic acids is 1.